The monoisotopic (exact) mass is 240 g/mol. The third-order valence-corrected chi connectivity index (χ3v) is 2.63. The fourth-order valence-electron chi connectivity index (χ4n) is 1.66. The molecule has 1 aromatic heterocycles. The lowest BCUT2D eigenvalue weighted by molar-refractivity contribution is 0.113. The molecule has 0 aliphatic heterocycles. The molecule has 5 nitrogen and oxygen atoms in total. The fraction of sp³-hybridized carbons (Fsp3) is 0.833. The average Bonchev–Trinajstić information content (AvgIpc) is 2.59. The summed E-state index contributed by atoms with van der Waals surface area (Å²) in [5.41, 5.74) is 6.77. The molecular formula is C12H24N4O. The van der Waals surface area contributed by atoms with E-state index in [2.05, 4.69) is 38.0 Å². The van der Waals surface area contributed by atoms with Crippen LogP contribution in [-0.4, -0.2) is 28.2 Å². The highest BCUT2D eigenvalue weighted by atomic mass is 16.5. The van der Waals surface area contributed by atoms with Gasteiger partial charge in [0, 0.05) is 6.61 Å². The number of anilines is 1. The van der Waals surface area contributed by atoms with Crippen LogP contribution in [0.5, 0.6) is 0 Å². The van der Waals surface area contributed by atoms with Gasteiger partial charge in [0.05, 0.1) is 18.8 Å². The van der Waals surface area contributed by atoms with E-state index in [1.54, 1.807) is 0 Å². The molecular weight excluding hydrogens is 216 g/mol. The van der Waals surface area contributed by atoms with Gasteiger partial charge in [-0.05, 0) is 18.3 Å². The Labute approximate surface area is 103 Å². The van der Waals surface area contributed by atoms with Crippen LogP contribution < -0.4 is 5.73 Å². The molecule has 0 saturated heterocycles. The average molecular weight is 240 g/mol. The molecule has 0 fully saturated rings. The number of nitrogen functional groups attached to an aromatic ring is 1. The molecule has 17 heavy (non-hydrogen) atoms. The summed E-state index contributed by atoms with van der Waals surface area (Å²) in [5, 5.41) is 7.93. The van der Waals surface area contributed by atoms with Crippen molar-refractivity contribution in [3.05, 3.63) is 5.69 Å². The summed E-state index contributed by atoms with van der Waals surface area (Å²) < 4.78 is 7.41. The van der Waals surface area contributed by atoms with Crippen molar-refractivity contribution in [2.45, 2.75) is 46.6 Å². The van der Waals surface area contributed by atoms with E-state index in [0.29, 0.717) is 24.3 Å². The number of nitrogens with zero attached hydrogens (tertiary/aromatic N) is 3. The first-order valence-electron chi connectivity index (χ1n) is 6.29. The highest BCUT2D eigenvalue weighted by Crippen LogP contribution is 2.18. The van der Waals surface area contributed by atoms with Crippen molar-refractivity contribution in [1.82, 2.24) is 15.0 Å². The van der Waals surface area contributed by atoms with E-state index in [-0.39, 0.29) is 0 Å². The number of ether oxygens (including phenoxy) is 1. The molecule has 1 heterocycles. The van der Waals surface area contributed by atoms with Crippen molar-refractivity contribution >= 4 is 5.82 Å². The lowest BCUT2D eigenvalue weighted by atomic mass is 10.1. The zero-order chi connectivity index (χ0) is 12.8. The lowest BCUT2D eigenvalue weighted by Gasteiger charge is -2.10. The maximum Gasteiger partial charge on any atom is 0.169 e. The molecule has 0 amide bonds. The highest BCUT2D eigenvalue weighted by molar-refractivity contribution is 5.34. The van der Waals surface area contributed by atoms with Gasteiger partial charge in [-0.25, -0.2) is 4.68 Å². The van der Waals surface area contributed by atoms with E-state index < -0.39 is 0 Å². The van der Waals surface area contributed by atoms with Crippen molar-refractivity contribution in [1.29, 1.82) is 0 Å². The topological polar surface area (TPSA) is 66.0 Å². The summed E-state index contributed by atoms with van der Waals surface area (Å²) in [6.07, 6.45) is 1.09. The van der Waals surface area contributed by atoms with Crippen LogP contribution in [0.3, 0.4) is 0 Å². The predicted octanol–water partition coefficient (Wildman–Crippen LogP) is 2.05. The second-order valence-electron chi connectivity index (χ2n) is 5.03. The number of hydrogen-bond acceptors (Lipinski definition) is 4. The maximum atomic E-state index is 5.78. The van der Waals surface area contributed by atoms with Crippen LogP contribution in [-0.2, 0) is 11.3 Å². The van der Waals surface area contributed by atoms with Crippen LogP contribution in [0, 0.1) is 5.92 Å². The second kappa shape index (κ2) is 6.59. The van der Waals surface area contributed by atoms with Gasteiger partial charge in [0.25, 0.3) is 0 Å². The molecule has 0 radical (unpaired) electrons. The van der Waals surface area contributed by atoms with Crippen LogP contribution in [0.2, 0.25) is 0 Å². The molecule has 0 aliphatic carbocycles. The summed E-state index contributed by atoms with van der Waals surface area (Å²) in [7, 11) is 0. The van der Waals surface area contributed by atoms with Crippen LogP contribution in [0.15, 0.2) is 0 Å². The van der Waals surface area contributed by atoms with Gasteiger partial charge in [0.15, 0.2) is 5.82 Å². The molecule has 0 aliphatic rings. The molecule has 0 atom stereocenters. The highest BCUT2D eigenvalue weighted by Gasteiger charge is 2.13. The largest absolute Gasteiger partial charge is 0.381 e. The normalized spacial score (nSPS) is 11.6. The van der Waals surface area contributed by atoms with Gasteiger partial charge in [0.1, 0.15) is 0 Å². The zero-order valence-electron chi connectivity index (χ0n) is 11.3. The Hall–Kier alpha value is -1.10. The number of rotatable bonds is 7. The molecule has 0 bridgehead atoms. The molecule has 0 unspecified atom stereocenters. The van der Waals surface area contributed by atoms with Crippen LogP contribution in [0.4, 0.5) is 5.82 Å². The smallest absolute Gasteiger partial charge is 0.169 e. The predicted molar refractivity (Wildman–Crippen MR) is 68.8 cm³/mol. The van der Waals surface area contributed by atoms with Crippen molar-refractivity contribution in [3.8, 4) is 0 Å². The van der Waals surface area contributed by atoms with Gasteiger partial charge in [-0.2, -0.15) is 0 Å². The summed E-state index contributed by atoms with van der Waals surface area (Å²) in [4.78, 5) is 0. The van der Waals surface area contributed by atoms with Gasteiger partial charge in [-0.15, -0.1) is 5.10 Å². The first kappa shape index (κ1) is 14.0. The van der Waals surface area contributed by atoms with Gasteiger partial charge < -0.3 is 10.5 Å². The van der Waals surface area contributed by atoms with E-state index in [4.69, 9.17) is 10.5 Å². The Balaban J connectivity index is 2.37. The number of aromatic nitrogens is 3. The minimum atomic E-state index is 0.334. The van der Waals surface area contributed by atoms with E-state index >= 15 is 0 Å². The minimum absolute atomic E-state index is 0.334. The first-order chi connectivity index (χ1) is 8.02. The summed E-state index contributed by atoms with van der Waals surface area (Å²) in [6, 6.07) is 0. The molecule has 0 saturated carbocycles. The lowest BCUT2D eigenvalue weighted by Crippen LogP contribution is -2.13. The Morgan fingerprint density at radius 1 is 1.24 bits per heavy atom. The van der Waals surface area contributed by atoms with Crippen molar-refractivity contribution in [3.63, 3.8) is 0 Å². The third kappa shape index (κ3) is 4.34. The van der Waals surface area contributed by atoms with Gasteiger partial charge >= 0.3 is 0 Å². The van der Waals surface area contributed by atoms with Crippen molar-refractivity contribution < 1.29 is 4.74 Å². The van der Waals surface area contributed by atoms with Crippen molar-refractivity contribution in [2.75, 3.05) is 18.9 Å². The Morgan fingerprint density at radius 3 is 2.53 bits per heavy atom. The zero-order valence-corrected chi connectivity index (χ0v) is 11.3. The Bertz CT molecular complexity index is 333. The van der Waals surface area contributed by atoms with Crippen LogP contribution >= 0.6 is 0 Å². The van der Waals surface area contributed by atoms with Crippen LogP contribution in [0.25, 0.3) is 0 Å². The fourth-order valence-corrected chi connectivity index (χ4v) is 1.66. The van der Waals surface area contributed by atoms with Gasteiger partial charge in [0.2, 0.25) is 0 Å². The Kier molecular flexibility index (Phi) is 5.41. The van der Waals surface area contributed by atoms with E-state index in [1.807, 2.05) is 4.68 Å². The molecule has 2 N–H and O–H groups in total. The van der Waals surface area contributed by atoms with Gasteiger partial charge in [-0.3, -0.25) is 0 Å². The number of hydrogen-bond donors (Lipinski definition) is 1. The Morgan fingerprint density at radius 2 is 1.94 bits per heavy atom. The van der Waals surface area contributed by atoms with Crippen LogP contribution in [0.1, 0.15) is 45.7 Å². The summed E-state index contributed by atoms with van der Waals surface area (Å²) >= 11 is 0. The van der Waals surface area contributed by atoms with E-state index in [1.165, 1.54) is 0 Å². The molecule has 1 aromatic rings. The summed E-state index contributed by atoms with van der Waals surface area (Å²) in [6.45, 7) is 10.7. The maximum absolute atomic E-state index is 5.78. The minimum Gasteiger partial charge on any atom is -0.381 e. The second-order valence-corrected chi connectivity index (χ2v) is 5.03. The first-order valence-corrected chi connectivity index (χ1v) is 6.29. The molecule has 98 valence electrons. The third-order valence-electron chi connectivity index (χ3n) is 2.63. The van der Waals surface area contributed by atoms with E-state index in [0.717, 1.165) is 25.3 Å². The quantitative estimate of drug-likeness (QED) is 0.741. The van der Waals surface area contributed by atoms with Crippen molar-refractivity contribution in [2.24, 2.45) is 5.92 Å². The summed E-state index contributed by atoms with van der Waals surface area (Å²) in [5.74, 6) is 1.55. The van der Waals surface area contributed by atoms with E-state index in [9.17, 15) is 0 Å². The standard InChI is InChI=1S/C12H24N4O/c1-9(2)5-7-17-8-6-16-11(10(3)4)12(13)14-15-16/h9-10H,5-8,13H2,1-4H3. The van der Waals surface area contributed by atoms with Gasteiger partial charge in [-0.1, -0.05) is 32.9 Å². The molecule has 1 rings (SSSR count). The molecule has 0 spiro atoms. The molecule has 0 aromatic carbocycles. The SMILES string of the molecule is CC(C)CCOCCn1nnc(N)c1C(C)C. The number of nitrogens with two attached hydrogens (primary N) is 1. The molecule has 5 heteroatoms.